The number of fused-ring (bicyclic) bond motifs is 2. The monoisotopic (exact) mass is 437 g/mol. The second kappa shape index (κ2) is 7.42. The Morgan fingerprint density at radius 2 is 1.88 bits per heavy atom. The molecule has 1 fully saturated rings. The molecule has 0 unspecified atom stereocenters. The maximum atomic E-state index is 13.8. The van der Waals surface area contributed by atoms with Crippen molar-refractivity contribution in [3.63, 3.8) is 0 Å². The predicted octanol–water partition coefficient (Wildman–Crippen LogP) is 3.53. The molecule has 0 radical (unpaired) electrons. The Morgan fingerprint density at radius 3 is 2.69 bits per heavy atom. The summed E-state index contributed by atoms with van der Waals surface area (Å²) in [6, 6.07) is 10.6. The van der Waals surface area contributed by atoms with E-state index in [1.165, 1.54) is 41.1 Å². The van der Waals surface area contributed by atoms with Crippen LogP contribution in [0.5, 0.6) is 0 Å². The minimum atomic E-state index is -3.29. The number of benzene rings is 2. The van der Waals surface area contributed by atoms with Crippen LogP contribution in [0.15, 0.2) is 54.9 Å². The van der Waals surface area contributed by atoms with Gasteiger partial charge in [0.15, 0.2) is 11.5 Å². The maximum absolute atomic E-state index is 13.8. The Labute approximate surface area is 194 Å². The summed E-state index contributed by atoms with van der Waals surface area (Å²) < 4.78 is 86.1. The predicted molar refractivity (Wildman–Crippen MR) is 119 cm³/mol. The molecule has 1 amide bonds. The molecule has 2 aromatic heterocycles. The molecule has 1 saturated heterocycles. The lowest BCUT2D eigenvalue weighted by Crippen LogP contribution is -2.37. The molecule has 6 rings (SSSR count). The highest BCUT2D eigenvalue weighted by atomic mass is 19.1. The van der Waals surface area contributed by atoms with Gasteiger partial charge in [-0.3, -0.25) is 9.20 Å². The molecule has 0 aliphatic carbocycles. The fourth-order valence-corrected chi connectivity index (χ4v) is 3.88. The van der Waals surface area contributed by atoms with E-state index in [1.54, 1.807) is 18.2 Å². The number of halogens is 1. The van der Waals surface area contributed by atoms with E-state index in [-0.39, 0.29) is 28.6 Å². The van der Waals surface area contributed by atoms with Crippen LogP contribution in [0.2, 0.25) is 0 Å². The molecule has 7 nitrogen and oxygen atoms in total. The Hall–Kier alpha value is -3.78. The summed E-state index contributed by atoms with van der Waals surface area (Å²) >= 11 is 0. The first kappa shape index (κ1) is 12.3. The van der Waals surface area contributed by atoms with Gasteiger partial charge in [0.1, 0.15) is 5.82 Å². The Balaban J connectivity index is 1.65. The topological polar surface area (TPSA) is 71.8 Å². The second-order valence-corrected chi connectivity index (χ2v) is 7.22. The number of anilines is 2. The van der Waals surface area contributed by atoms with Crippen molar-refractivity contribution in [3.8, 4) is 22.5 Å². The maximum Gasteiger partial charge on any atom is 0.228 e. The number of aromatic nitrogens is 3. The first-order chi connectivity index (χ1) is 18.6. The third-order valence-electron chi connectivity index (χ3n) is 5.27. The number of imidazole rings is 1. The zero-order chi connectivity index (χ0) is 28.8. The van der Waals surface area contributed by atoms with Gasteiger partial charge in [0.05, 0.1) is 41.9 Å². The molecule has 0 saturated carbocycles. The Bertz CT molecular complexity index is 1670. The summed E-state index contributed by atoms with van der Waals surface area (Å²) in [4.78, 5) is 21.0. The smallest absolute Gasteiger partial charge is 0.228 e. The van der Waals surface area contributed by atoms with Gasteiger partial charge in [0.2, 0.25) is 5.91 Å². The van der Waals surface area contributed by atoms with Crippen LogP contribution in [0.25, 0.3) is 28.2 Å². The van der Waals surface area contributed by atoms with Crippen LogP contribution in [0.4, 0.5) is 15.9 Å². The normalized spacial score (nSPS) is 25.8. The molecule has 32 heavy (non-hydrogen) atoms. The highest BCUT2D eigenvalue weighted by Crippen LogP contribution is 2.37. The van der Waals surface area contributed by atoms with Crippen molar-refractivity contribution in [3.05, 3.63) is 66.2 Å². The van der Waals surface area contributed by atoms with Crippen molar-refractivity contribution in [1.29, 1.82) is 0 Å². The largest absolute Gasteiger partial charge is 0.378 e. The number of carbonyl (C=O) groups is 1. The average molecular weight is 438 g/mol. The molecule has 160 valence electrons. The number of morpholine rings is 1. The molecule has 4 aromatic rings. The summed E-state index contributed by atoms with van der Waals surface area (Å²) in [5.74, 6) is -1.14. The van der Waals surface area contributed by atoms with E-state index >= 15 is 0 Å². The van der Waals surface area contributed by atoms with Gasteiger partial charge in [0.25, 0.3) is 0 Å². The van der Waals surface area contributed by atoms with E-state index in [1.807, 2.05) is 0 Å². The lowest BCUT2D eigenvalue weighted by Gasteiger charge is -2.27. The number of amides is 1. The van der Waals surface area contributed by atoms with Crippen LogP contribution < -0.4 is 10.2 Å². The number of ether oxygens (including phenoxy) is 1. The van der Waals surface area contributed by atoms with Gasteiger partial charge in [-0.2, -0.15) is 0 Å². The molecule has 0 atom stereocenters. The van der Waals surface area contributed by atoms with Crippen molar-refractivity contribution in [2.45, 2.75) is 6.42 Å². The van der Waals surface area contributed by atoms with Gasteiger partial charge in [-0.05, 0) is 42.0 Å². The van der Waals surface area contributed by atoms with E-state index in [0.717, 1.165) is 5.56 Å². The molecule has 2 aliphatic rings. The van der Waals surface area contributed by atoms with Crippen molar-refractivity contribution >= 4 is 23.1 Å². The van der Waals surface area contributed by atoms with Crippen LogP contribution in [-0.4, -0.2) is 46.4 Å². The van der Waals surface area contributed by atoms with E-state index in [2.05, 4.69) is 20.0 Å². The van der Waals surface area contributed by atoms with Crippen LogP contribution in [0.1, 0.15) is 16.5 Å². The first-order valence-electron chi connectivity index (χ1n) is 13.7. The lowest BCUT2D eigenvalue weighted by molar-refractivity contribution is -0.115. The van der Waals surface area contributed by atoms with E-state index < -0.39 is 37.7 Å². The molecule has 8 heteroatoms. The molecule has 2 aromatic carbocycles. The minimum Gasteiger partial charge on any atom is -0.378 e. The Morgan fingerprint density at radius 1 is 1.09 bits per heavy atom. The lowest BCUT2D eigenvalue weighted by atomic mass is 10.0. The molecule has 0 spiro atoms. The highest BCUT2D eigenvalue weighted by Gasteiger charge is 2.24. The molecular weight excluding hydrogens is 409 g/mol. The number of hydrogen-bond acceptors (Lipinski definition) is 5. The summed E-state index contributed by atoms with van der Waals surface area (Å²) in [5, 5.41) is 2.76. The van der Waals surface area contributed by atoms with Crippen LogP contribution >= 0.6 is 0 Å². The minimum absolute atomic E-state index is 0.118. The molecule has 4 heterocycles. The molecule has 0 bridgehead atoms. The quantitative estimate of drug-likeness (QED) is 0.531. The third kappa shape index (κ3) is 3.11. The van der Waals surface area contributed by atoms with Crippen molar-refractivity contribution in [1.82, 2.24) is 14.4 Å². The average Bonchev–Trinajstić information content (AvgIpc) is 3.42. The summed E-state index contributed by atoms with van der Waals surface area (Å²) in [6.45, 7) is -13.0. The van der Waals surface area contributed by atoms with Crippen LogP contribution in [0, 0.1) is 5.82 Å². The van der Waals surface area contributed by atoms with Gasteiger partial charge in [-0.15, -0.1) is 0 Å². The number of rotatable bonds is 3. The highest BCUT2D eigenvalue weighted by molar-refractivity contribution is 6.00. The molecule has 1 N–H and O–H groups in total. The van der Waals surface area contributed by atoms with Crippen LogP contribution in [0.3, 0.4) is 0 Å². The zero-order valence-corrected chi connectivity index (χ0v) is 16.4. The van der Waals surface area contributed by atoms with Crippen molar-refractivity contribution < 1.29 is 24.9 Å². The zero-order valence-electron chi connectivity index (χ0n) is 24.4. The standard InChI is InChI=1S/C24H20FN5O2/c25-18-4-1-15(2-5-18)21-22(16-3-6-19-17(13-16)14-20(31)27-19)30-8-7-26-23(24(30)28-21)29-9-11-32-12-10-29/h1-8,13H,9-12,14H2,(H,27,31)/i9D2,10D2,11D2,12D2. The number of nitrogens with one attached hydrogen (secondary N) is 1. The van der Waals surface area contributed by atoms with E-state index in [4.69, 9.17) is 11.0 Å². The van der Waals surface area contributed by atoms with Gasteiger partial charge in [-0.1, -0.05) is 6.07 Å². The third-order valence-corrected chi connectivity index (χ3v) is 5.27. The van der Waals surface area contributed by atoms with Crippen LogP contribution in [-0.2, 0) is 16.0 Å². The fraction of sp³-hybridized carbons (Fsp3) is 0.208. The summed E-state index contributed by atoms with van der Waals surface area (Å²) in [6.07, 6.45) is 2.86. The summed E-state index contributed by atoms with van der Waals surface area (Å²) in [5.41, 5.74) is 3.00. The fourth-order valence-electron chi connectivity index (χ4n) is 3.88. The number of nitrogens with zero attached hydrogens (tertiary/aromatic N) is 4. The van der Waals surface area contributed by atoms with Gasteiger partial charge in [-0.25, -0.2) is 14.4 Å². The number of hydrogen-bond donors (Lipinski definition) is 1. The van der Waals surface area contributed by atoms with Gasteiger partial charge >= 0.3 is 0 Å². The van der Waals surface area contributed by atoms with Gasteiger partial charge < -0.3 is 15.0 Å². The summed E-state index contributed by atoms with van der Waals surface area (Å²) in [7, 11) is 0. The van der Waals surface area contributed by atoms with Crippen molar-refractivity contribution in [2.24, 2.45) is 0 Å². The second-order valence-electron chi connectivity index (χ2n) is 7.22. The Kier molecular flexibility index (Phi) is 2.85. The van der Waals surface area contributed by atoms with Gasteiger partial charge in [0, 0.05) is 42.2 Å². The SMILES string of the molecule is [2H]C1([2H])OC([2H])([2H])C([2H])([2H])N(c2nccn3c(-c4ccc5c(c4)CC(=O)N5)c(-c4ccc(F)cc4)nc23)C1([2H])[2H]. The molecular formula is C24H20FN5O2. The molecule has 2 aliphatic heterocycles. The number of carbonyl (C=O) groups excluding carboxylic acids is 1. The van der Waals surface area contributed by atoms with E-state index in [9.17, 15) is 9.18 Å². The van der Waals surface area contributed by atoms with E-state index in [0.29, 0.717) is 22.5 Å². The first-order valence-corrected chi connectivity index (χ1v) is 9.71. The van der Waals surface area contributed by atoms with Crippen molar-refractivity contribution in [2.75, 3.05) is 36.3 Å².